The first-order valence-electron chi connectivity index (χ1n) is 5.50. The number of nitrogens with one attached hydrogen (secondary N) is 1. The summed E-state index contributed by atoms with van der Waals surface area (Å²) in [6, 6.07) is 0. The van der Waals surface area contributed by atoms with E-state index in [4.69, 9.17) is 5.73 Å². The molecule has 1 aliphatic rings. The molecule has 1 unspecified atom stereocenters. The predicted molar refractivity (Wildman–Crippen MR) is 57.1 cm³/mol. The third-order valence-corrected chi connectivity index (χ3v) is 2.89. The van der Waals surface area contributed by atoms with Gasteiger partial charge in [-0.15, -0.1) is 0 Å². The van der Waals surface area contributed by atoms with Crippen LogP contribution in [0.25, 0.3) is 0 Å². The van der Waals surface area contributed by atoms with E-state index in [-0.39, 0.29) is 12.5 Å². The van der Waals surface area contributed by atoms with Crippen LogP contribution in [0.1, 0.15) is 26.2 Å². The first-order valence-corrected chi connectivity index (χ1v) is 5.50. The number of alkyl halides is 3. The van der Waals surface area contributed by atoms with Gasteiger partial charge in [0.25, 0.3) is 0 Å². The second-order valence-corrected chi connectivity index (χ2v) is 4.35. The van der Waals surface area contributed by atoms with Crippen molar-refractivity contribution in [1.82, 2.24) is 5.32 Å². The molecule has 16 heavy (non-hydrogen) atoms. The summed E-state index contributed by atoms with van der Waals surface area (Å²) in [5.74, 6) is -0.728. The number of hydrogen-bond acceptors (Lipinski definition) is 1. The minimum atomic E-state index is -4.20. The molecular formula is C10H18F3N3. The fourth-order valence-corrected chi connectivity index (χ4v) is 1.34. The largest absolute Gasteiger partial charge is 0.393 e. The Kier molecular flexibility index (Phi) is 4.44. The maximum atomic E-state index is 12.1. The van der Waals surface area contributed by atoms with Gasteiger partial charge in [0.15, 0.2) is 5.96 Å². The molecule has 1 aliphatic carbocycles. The smallest absolute Gasteiger partial charge is 0.370 e. The molecule has 3 N–H and O–H groups in total. The van der Waals surface area contributed by atoms with Crippen LogP contribution in [0.2, 0.25) is 0 Å². The first kappa shape index (κ1) is 13.1. The molecule has 0 amide bonds. The fraction of sp³-hybridized carbons (Fsp3) is 0.900. The van der Waals surface area contributed by atoms with E-state index in [9.17, 15) is 13.2 Å². The van der Waals surface area contributed by atoms with Crippen molar-refractivity contribution in [3.8, 4) is 0 Å². The van der Waals surface area contributed by atoms with E-state index >= 15 is 0 Å². The molecule has 1 atom stereocenters. The third-order valence-electron chi connectivity index (χ3n) is 2.89. The number of hydrogen-bond donors (Lipinski definition) is 2. The Labute approximate surface area is 93.3 Å². The van der Waals surface area contributed by atoms with Gasteiger partial charge >= 0.3 is 6.18 Å². The van der Waals surface area contributed by atoms with Crippen LogP contribution >= 0.6 is 0 Å². The fourth-order valence-electron chi connectivity index (χ4n) is 1.34. The maximum absolute atomic E-state index is 12.1. The van der Waals surface area contributed by atoms with E-state index in [1.807, 2.05) is 0 Å². The van der Waals surface area contributed by atoms with Gasteiger partial charge in [-0.2, -0.15) is 13.2 Å². The second kappa shape index (κ2) is 5.41. The minimum absolute atomic E-state index is 0.114. The summed E-state index contributed by atoms with van der Waals surface area (Å²) in [6.07, 6.45) is -0.634. The zero-order valence-corrected chi connectivity index (χ0v) is 9.35. The molecule has 0 saturated heterocycles. The molecule has 3 nitrogen and oxygen atoms in total. The zero-order valence-electron chi connectivity index (χ0n) is 9.35. The lowest BCUT2D eigenvalue weighted by atomic mass is 9.85. The molecule has 1 saturated carbocycles. The van der Waals surface area contributed by atoms with Crippen molar-refractivity contribution >= 4 is 5.96 Å². The van der Waals surface area contributed by atoms with Crippen LogP contribution in [0, 0.1) is 11.8 Å². The second-order valence-electron chi connectivity index (χ2n) is 4.35. The zero-order chi connectivity index (χ0) is 12.2. The van der Waals surface area contributed by atoms with Gasteiger partial charge in [0.1, 0.15) is 0 Å². The van der Waals surface area contributed by atoms with Crippen molar-refractivity contribution < 1.29 is 13.2 Å². The molecule has 1 rings (SSSR count). The van der Waals surface area contributed by atoms with E-state index in [1.165, 1.54) is 19.3 Å². The highest BCUT2D eigenvalue weighted by Crippen LogP contribution is 2.26. The topological polar surface area (TPSA) is 50.4 Å². The molecule has 0 spiro atoms. The van der Waals surface area contributed by atoms with E-state index in [0.29, 0.717) is 5.92 Å². The third kappa shape index (κ3) is 4.28. The molecule has 0 aromatic carbocycles. The molecular weight excluding hydrogens is 219 g/mol. The van der Waals surface area contributed by atoms with E-state index in [2.05, 4.69) is 10.3 Å². The normalized spacial score (nSPS) is 20.4. The van der Waals surface area contributed by atoms with Gasteiger partial charge in [-0.3, -0.25) is 4.99 Å². The molecule has 0 aromatic rings. The van der Waals surface area contributed by atoms with Crippen LogP contribution in [-0.2, 0) is 0 Å². The summed E-state index contributed by atoms with van der Waals surface area (Å²) in [6.45, 7) is 1.51. The summed E-state index contributed by atoms with van der Waals surface area (Å²) < 4.78 is 36.4. The van der Waals surface area contributed by atoms with Gasteiger partial charge in [0.2, 0.25) is 0 Å². The van der Waals surface area contributed by atoms with Crippen LogP contribution in [0.4, 0.5) is 13.2 Å². The quantitative estimate of drug-likeness (QED) is 0.579. The van der Waals surface area contributed by atoms with Crippen LogP contribution in [0.3, 0.4) is 0 Å². The van der Waals surface area contributed by atoms with Gasteiger partial charge in [0.05, 0.1) is 12.5 Å². The Bertz CT molecular complexity index is 246. The summed E-state index contributed by atoms with van der Waals surface area (Å²) in [7, 11) is 0. The highest BCUT2D eigenvalue weighted by molar-refractivity contribution is 5.77. The minimum Gasteiger partial charge on any atom is -0.370 e. The number of halogens is 3. The highest BCUT2D eigenvalue weighted by Gasteiger charge is 2.35. The Morgan fingerprint density at radius 2 is 2.12 bits per heavy atom. The van der Waals surface area contributed by atoms with Gasteiger partial charge in [-0.05, 0) is 18.8 Å². The standard InChI is InChI=1S/C10H18F3N3/c1-7(10(11,12)13)5-15-9(14)16-6-8-3-2-4-8/h7-8H,2-6H2,1H3,(H3,14,15,16). The number of aliphatic imine (C=N–C) groups is 1. The lowest BCUT2D eigenvalue weighted by Gasteiger charge is -2.25. The van der Waals surface area contributed by atoms with Crippen molar-refractivity contribution in [3.63, 3.8) is 0 Å². The monoisotopic (exact) mass is 237 g/mol. The SMILES string of the molecule is CC(CN=C(N)NCC1CCC1)C(F)(F)F. The maximum Gasteiger partial charge on any atom is 0.393 e. The Balaban J connectivity index is 2.21. The van der Waals surface area contributed by atoms with Crippen LogP contribution in [0.5, 0.6) is 0 Å². The summed E-state index contributed by atoms with van der Waals surface area (Å²) >= 11 is 0. The van der Waals surface area contributed by atoms with Crippen molar-refractivity contribution in [2.45, 2.75) is 32.4 Å². The van der Waals surface area contributed by atoms with Gasteiger partial charge in [0, 0.05) is 6.54 Å². The van der Waals surface area contributed by atoms with Crippen molar-refractivity contribution in [2.24, 2.45) is 22.6 Å². The molecule has 0 aliphatic heterocycles. The van der Waals surface area contributed by atoms with Gasteiger partial charge in [-0.1, -0.05) is 13.3 Å². The Morgan fingerprint density at radius 3 is 2.56 bits per heavy atom. The van der Waals surface area contributed by atoms with Crippen LogP contribution in [0.15, 0.2) is 4.99 Å². The number of rotatable bonds is 4. The number of nitrogens with zero attached hydrogens (tertiary/aromatic N) is 1. The molecule has 0 bridgehead atoms. The van der Waals surface area contributed by atoms with Gasteiger partial charge < -0.3 is 11.1 Å². The molecule has 94 valence electrons. The van der Waals surface area contributed by atoms with E-state index in [1.54, 1.807) is 0 Å². The van der Waals surface area contributed by atoms with Crippen molar-refractivity contribution in [1.29, 1.82) is 0 Å². The van der Waals surface area contributed by atoms with Crippen LogP contribution < -0.4 is 11.1 Å². The molecule has 6 heteroatoms. The number of guanidine groups is 1. The van der Waals surface area contributed by atoms with E-state index < -0.39 is 12.1 Å². The summed E-state index contributed by atoms with van der Waals surface area (Å²) in [4.78, 5) is 3.68. The van der Waals surface area contributed by atoms with E-state index in [0.717, 1.165) is 13.5 Å². The predicted octanol–water partition coefficient (Wildman–Crippen LogP) is 1.89. The average Bonchev–Trinajstić information content (AvgIpc) is 2.10. The van der Waals surface area contributed by atoms with Crippen molar-refractivity contribution in [2.75, 3.05) is 13.1 Å². The lowest BCUT2D eigenvalue weighted by Crippen LogP contribution is -2.38. The summed E-state index contributed by atoms with van der Waals surface area (Å²) in [5, 5.41) is 2.85. The first-order chi connectivity index (χ1) is 7.39. The average molecular weight is 237 g/mol. The van der Waals surface area contributed by atoms with Crippen molar-refractivity contribution in [3.05, 3.63) is 0 Å². The van der Waals surface area contributed by atoms with Crippen LogP contribution in [-0.4, -0.2) is 25.2 Å². The molecule has 0 aromatic heterocycles. The Morgan fingerprint density at radius 1 is 1.50 bits per heavy atom. The molecule has 0 heterocycles. The highest BCUT2D eigenvalue weighted by atomic mass is 19.4. The summed E-state index contributed by atoms with van der Waals surface area (Å²) in [5.41, 5.74) is 5.46. The molecule has 1 fully saturated rings. The lowest BCUT2D eigenvalue weighted by molar-refractivity contribution is -0.166. The Hall–Kier alpha value is -0.940. The number of nitrogens with two attached hydrogens (primary N) is 1. The van der Waals surface area contributed by atoms with Gasteiger partial charge in [-0.25, -0.2) is 0 Å². The molecule has 0 radical (unpaired) electrons.